The average molecular weight is 255 g/mol. The van der Waals surface area contributed by atoms with Gasteiger partial charge in [-0.2, -0.15) is 0 Å². The number of aromatic amines is 1. The van der Waals surface area contributed by atoms with Crippen LogP contribution in [0.4, 0.5) is 0 Å². The summed E-state index contributed by atoms with van der Waals surface area (Å²) in [5.41, 5.74) is 0. The number of nitrogens with zero attached hydrogens (tertiary/aromatic N) is 2. The number of nitrogens with one attached hydrogen (secondary N) is 1. The molecule has 2 aromatic heterocycles. The predicted molar refractivity (Wildman–Crippen MR) is 65.9 cm³/mol. The average Bonchev–Trinajstić information content (AvgIpc) is 2.91. The van der Waals surface area contributed by atoms with Crippen LogP contribution < -0.4 is 0 Å². The van der Waals surface area contributed by atoms with Gasteiger partial charge in [-0.05, 0) is 17.9 Å². The van der Waals surface area contributed by atoms with E-state index in [1.54, 1.807) is 23.1 Å². The number of hydrogen-bond donors (Lipinski definition) is 2. The molecule has 0 aromatic carbocycles. The first kappa shape index (κ1) is 11.6. The van der Waals surface area contributed by atoms with E-state index in [9.17, 15) is 0 Å². The van der Waals surface area contributed by atoms with Gasteiger partial charge >= 0.3 is 0 Å². The van der Waals surface area contributed by atoms with Gasteiger partial charge in [0.2, 0.25) is 5.16 Å². The van der Waals surface area contributed by atoms with Crippen molar-refractivity contribution in [3.63, 3.8) is 0 Å². The largest absolute Gasteiger partial charge is 0.396 e. The van der Waals surface area contributed by atoms with Crippen LogP contribution in [0.3, 0.4) is 0 Å². The Kier molecular flexibility index (Phi) is 4.38. The highest BCUT2D eigenvalue weighted by Crippen LogP contribution is 2.16. The highest BCUT2D eigenvalue weighted by Gasteiger charge is 2.04. The fourth-order valence-electron chi connectivity index (χ4n) is 1.23. The lowest BCUT2D eigenvalue weighted by Gasteiger charge is -1.92. The minimum absolute atomic E-state index is 0.222. The first-order chi connectivity index (χ1) is 7.88. The second-order valence-electron chi connectivity index (χ2n) is 3.25. The zero-order valence-electron chi connectivity index (χ0n) is 8.72. The molecule has 0 bridgehead atoms. The molecule has 0 spiro atoms. The van der Waals surface area contributed by atoms with Gasteiger partial charge in [-0.3, -0.25) is 5.10 Å². The van der Waals surface area contributed by atoms with Crippen LogP contribution in [0.1, 0.15) is 17.1 Å². The highest BCUT2D eigenvalue weighted by molar-refractivity contribution is 7.99. The molecule has 2 rings (SSSR count). The molecule has 0 aliphatic rings. The number of thiophene rings is 1. The molecule has 6 heteroatoms. The second kappa shape index (κ2) is 6.03. The van der Waals surface area contributed by atoms with Crippen LogP contribution in [0, 0.1) is 0 Å². The van der Waals surface area contributed by atoms with Gasteiger partial charge in [0.25, 0.3) is 0 Å². The van der Waals surface area contributed by atoms with Crippen LogP contribution in [0.15, 0.2) is 22.7 Å². The molecule has 0 aliphatic heterocycles. The fourth-order valence-corrected chi connectivity index (χ4v) is 2.68. The number of aliphatic hydroxyl groups excluding tert-OH is 1. The van der Waals surface area contributed by atoms with E-state index in [-0.39, 0.29) is 6.61 Å². The Morgan fingerprint density at radius 3 is 3.19 bits per heavy atom. The topological polar surface area (TPSA) is 61.8 Å². The van der Waals surface area contributed by atoms with Crippen LogP contribution in [0.5, 0.6) is 0 Å². The Morgan fingerprint density at radius 2 is 2.44 bits per heavy atom. The van der Waals surface area contributed by atoms with Crippen molar-refractivity contribution >= 4 is 23.1 Å². The molecule has 0 radical (unpaired) electrons. The minimum Gasteiger partial charge on any atom is -0.396 e. The summed E-state index contributed by atoms with van der Waals surface area (Å²) >= 11 is 3.29. The zero-order chi connectivity index (χ0) is 11.2. The summed E-state index contributed by atoms with van der Waals surface area (Å²) in [5.74, 6) is 1.75. The van der Waals surface area contributed by atoms with Crippen LogP contribution >= 0.6 is 23.1 Å². The Labute approximate surface area is 102 Å². The fraction of sp³-hybridized carbons (Fsp3) is 0.400. The maximum Gasteiger partial charge on any atom is 0.208 e. The smallest absolute Gasteiger partial charge is 0.208 e. The lowest BCUT2D eigenvalue weighted by Crippen LogP contribution is -1.88. The Morgan fingerprint density at radius 1 is 1.50 bits per heavy atom. The van der Waals surface area contributed by atoms with Gasteiger partial charge in [-0.15, -0.1) is 16.4 Å². The summed E-state index contributed by atoms with van der Waals surface area (Å²) in [4.78, 5) is 5.66. The molecule has 0 aliphatic carbocycles. The SMILES string of the molecule is OCCCSc1n[nH]c(Cc2cccs2)n1. The summed E-state index contributed by atoms with van der Waals surface area (Å²) in [5, 5.41) is 18.5. The van der Waals surface area contributed by atoms with E-state index in [4.69, 9.17) is 5.11 Å². The van der Waals surface area contributed by atoms with Crippen molar-refractivity contribution in [2.24, 2.45) is 0 Å². The van der Waals surface area contributed by atoms with Gasteiger partial charge in [-0.1, -0.05) is 17.8 Å². The van der Waals surface area contributed by atoms with Gasteiger partial charge in [-0.25, -0.2) is 4.98 Å². The van der Waals surface area contributed by atoms with Gasteiger partial charge in [0, 0.05) is 23.7 Å². The molecule has 4 nitrogen and oxygen atoms in total. The van der Waals surface area contributed by atoms with Gasteiger partial charge in [0.15, 0.2) is 0 Å². The first-order valence-corrected chi connectivity index (χ1v) is 6.92. The maximum atomic E-state index is 8.66. The Bertz CT molecular complexity index is 413. The summed E-state index contributed by atoms with van der Waals surface area (Å²) in [6.45, 7) is 0.222. The lowest BCUT2D eigenvalue weighted by atomic mass is 10.3. The number of H-pyrrole nitrogens is 1. The monoisotopic (exact) mass is 255 g/mol. The van der Waals surface area contributed by atoms with E-state index in [2.05, 4.69) is 26.6 Å². The maximum absolute atomic E-state index is 8.66. The number of aromatic nitrogens is 3. The number of thioether (sulfide) groups is 1. The van der Waals surface area contributed by atoms with Crippen molar-refractivity contribution in [2.45, 2.75) is 18.0 Å². The molecular weight excluding hydrogens is 242 g/mol. The molecule has 86 valence electrons. The molecule has 0 saturated carbocycles. The van der Waals surface area contributed by atoms with Crippen LogP contribution in [0.2, 0.25) is 0 Å². The second-order valence-corrected chi connectivity index (χ2v) is 5.34. The van der Waals surface area contributed by atoms with Crippen molar-refractivity contribution in [3.8, 4) is 0 Å². The summed E-state index contributed by atoms with van der Waals surface area (Å²) in [7, 11) is 0. The van der Waals surface area contributed by atoms with Crippen molar-refractivity contribution in [2.75, 3.05) is 12.4 Å². The third-order valence-electron chi connectivity index (χ3n) is 1.97. The van der Waals surface area contributed by atoms with E-state index < -0.39 is 0 Å². The molecule has 2 aromatic rings. The molecule has 0 atom stereocenters. The Balaban J connectivity index is 1.87. The molecule has 0 unspecified atom stereocenters. The van der Waals surface area contributed by atoms with Gasteiger partial charge < -0.3 is 5.11 Å². The standard InChI is InChI=1S/C10H13N3OS2/c14-4-2-6-16-10-11-9(12-13-10)7-8-3-1-5-15-8/h1,3,5,14H,2,4,6-7H2,(H,11,12,13). The summed E-state index contributed by atoms with van der Waals surface area (Å²) < 4.78 is 0. The number of aliphatic hydroxyl groups is 1. The number of rotatable bonds is 6. The van der Waals surface area contributed by atoms with E-state index in [1.165, 1.54) is 4.88 Å². The molecule has 16 heavy (non-hydrogen) atoms. The summed E-state index contributed by atoms with van der Waals surface area (Å²) in [6.07, 6.45) is 1.59. The lowest BCUT2D eigenvalue weighted by molar-refractivity contribution is 0.296. The van der Waals surface area contributed by atoms with Gasteiger partial charge in [0.1, 0.15) is 5.82 Å². The minimum atomic E-state index is 0.222. The van der Waals surface area contributed by atoms with Crippen molar-refractivity contribution in [1.82, 2.24) is 15.2 Å². The third-order valence-corrected chi connectivity index (χ3v) is 3.78. The number of hydrogen-bond acceptors (Lipinski definition) is 5. The molecule has 0 fully saturated rings. The van der Waals surface area contributed by atoms with Crippen molar-refractivity contribution < 1.29 is 5.11 Å². The first-order valence-electron chi connectivity index (χ1n) is 5.06. The Hall–Kier alpha value is -0.850. The highest BCUT2D eigenvalue weighted by atomic mass is 32.2. The molecule has 0 saturated heterocycles. The normalized spacial score (nSPS) is 10.8. The third kappa shape index (κ3) is 3.33. The quantitative estimate of drug-likeness (QED) is 0.611. The molecule has 2 heterocycles. The molecular formula is C10H13N3OS2. The predicted octanol–water partition coefficient (Wildman–Crippen LogP) is 1.93. The van der Waals surface area contributed by atoms with E-state index in [1.807, 2.05) is 6.07 Å². The van der Waals surface area contributed by atoms with E-state index >= 15 is 0 Å². The van der Waals surface area contributed by atoms with E-state index in [0.717, 1.165) is 29.6 Å². The molecule has 2 N–H and O–H groups in total. The van der Waals surface area contributed by atoms with Crippen molar-refractivity contribution in [1.29, 1.82) is 0 Å². The van der Waals surface area contributed by atoms with Crippen LogP contribution in [-0.2, 0) is 6.42 Å². The van der Waals surface area contributed by atoms with Crippen LogP contribution in [-0.4, -0.2) is 32.6 Å². The zero-order valence-corrected chi connectivity index (χ0v) is 10.4. The van der Waals surface area contributed by atoms with E-state index in [0.29, 0.717) is 0 Å². The van der Waals surface area contributed by atoms with Crippen molar-refractivity contribution in [3.05, 3.63) is 28.2 Å². The van der Waals surface area contributed by atoms with Gasteiger partial charge in [0.05, 0.1) is 0 Å². The molecule has 0 amide bonds. The summed E-state index contributed by atoms with van der Waals surface area (Å²) in [6, 6.07) is 4.12. The van der Waals surface area contributed by atoms with Crippen LogP contribution in [0.25, 0.3) is 0 Å².